The average Bonchev–Trinajstić information content (AvgIpc) is 2.03. The lowest BCUT2D eigenvalue weighted by Gasteiger charge is -2.07. The highest BCUT2D eigenvalue weighted by Gasteiger charge is 2.70. The van der Waals surface area contributed by atoms with E-state index < -0.39 is 31.3 Å². The Morgan fingerprint density at radius 1 is 0.857 bits per heavy atom. The molecule has 0 unspecified atom stereocenters. The lowest BCUT2D eigenvalue weighted by atomic mass is 10.4. The summed E-state index contributed by atoms with van der Waals surface area (Å²) in [5.74, 6) is 0. The molecule has 0 amide bonds. The van der Waals surface area contributed by atoms with Gasteiger partial charge in [0.2, 0.25) is 0 Å². The van der Waals surface area contributed by atoms with Gasteiger partial charge in [-0.3, -0.25) is 0 Å². The monoisotopic (exact) mass is 323 g/mol. The number of hydrogen-bond acceptors (Lipinski definition) is 0. The van der Waals surface area contributed by atoms with Crippen molar-refractivity contribution in [1.82, 2.24) is 0 Å². The fourth-order valence-corrected chi connectivity index (χ4v) is 2.53. The number of benzene rings is 1. The van der Waals surface area contributed by atoms with Crippen LogP contribution in [-0.4, -0.2) is 10.1 Å². The topological polar surface area (TPSA) is 0 Å². The van der Waals surface area contributed by atoms with Gasteiger partial charge in [-0.05, 0) is 12.1 Å². The van der Waals surface area contributed by atoms with Crippen LogP contribution in [0.3, 0.4) is 0 Å². The van der Waals surface area contributed by atoms with E-state index in [-0.39, 0.29) is 3.57 Å². The molecule has 0 spiro atoms. The predicted molar refractivity (Wildman–Crippen MR) is 36.1 cm³/mol. The molecule has 0 aliphatic rings. The molecule has 0 atom stereocenters. The molecule has 1 aromatic rings. The first-order valence-corrected chi connectivity index (χ1v) is 5.64. The van der Waals surface area contributed by atoms with Crippen molar-refractivity contribution in [2.75, 3.05) is 0 Å². The van der Waals surface area contributed by atoms with E-state index >= 15 is 0 Å². The van der Waals surface area contributed by atoms with Crippen LogP contribution in [0.25, 0.3) is 0 Å². The molecule has 6 heteroatoms. The summed E-state index contributed by atoms with van der Waals surface area (Å²) in [7, 11) is 0. The SMILES string of the molecule is FC(F)(F)C(F)(F)[I+]c1ccccc1. The molecule has 1 rings (SSSR count). The quantitative estimate of drug-likeness (QED) is 0.412. The molecule has 0 aliphatic heterocycles. The van der Waals surface area contributed by atoms with Crippen LogP contribution in [-0.2, 0) is 0 Å². The lowest BCUT2D eigenvalue weighted by Crippen LogP contribution is -3.68. The van der Waals surface area contributed by atoms with Gasteiger partial charge in [-0.15, -0.1) is 8.78 Å². The van der Waals surface area contributed by atoms with Crippen LogP contribution in [0, 0.1) is 3.57 Å². The molecule has 0 bridgehead atoms. The van der Waals surface area contributed by atoms with E-state index in [9.17, 15) is 22.0 Å². The molecule has 0 N–H and O–H groups in total. The number of halogens is 6. The summed E-state index contributed by atoms with van der Waals surface area (Å²) >= 11 is -2.37. The zero-order valence-electron chi connectivity index (χ0n) is 6.65. The third-order valence-electron chi connectivity index (χ3n) is 1.28. The standard InChI is InChI=1S/C8H5F5I/c9-7(10,11)8(12,13)14-6-4-2-1-3-5-6/h1-5H/q+1. The second kappa shape index (κ2) is 4.00. The van der Waals surface area contributed by atoms with Crippen molar-refractivity contribution in [2.45, 2.75) is 10.1 Å². The first-order valence-electron chi connectivity index (χ1n) is 3.48. The molecular formula is C8H5F5I+. The van der Waals surface area contributed by atoms with Gasteiger partial charge < -0.3 is 0 Å². The molecule has 0 saturated heterocycles. The molecular weight excluding hydrogens is 318 g/mol. The Balaban J connectivity index is 2.79. The van der Waals surface area contributed by atoms with Crippen LogP contribution >= 0.6 is 0 Å². The fraction of sp³-hybridized carbons (Fsp3) is 0.250. The molecule has 0 radical (unpaired) electrons. The Bertz CT molecular complexity index is 292. The highest BCUT2D eigenvalue weighted by molar-refractivity contribution is 4.99. The first kappa shape index (κ1) is 11.7. The normalized spacial score (nSPS) is 12.9. The second-order valence-electron chi connectivity index (χ2n) is 2.39. The van der Waals surface area contributed by atoms with E-state index in [1.165, 1.54) is 24.3 Å². The molecule has 1 aromatic carbocycles. The van der Waals surface area contributed by atoms with E-state index in [2.05, 4.69) is 0 Å². The van der Waals surface area contributed by atoms with E-state index in [0.717, 1.165) is 0 Å². The minimum Gasteiger partial charge on any atom is -0.161 e. The van der Waals surface area contributed by atoms with E-state index in [1.54, 1.807) is 6.07 Å². The predicted octanol–water partition coefficient (Wildman–Crippen LogP) is 0.100. The molecule has 0 nitrogen and oxygen atoms in total. The third-order valence-corrected chi connectivity index (χ3v) is 3.91. The summed E-state index contributed by atoms with van der Waals surface area (Å²) in [4.78, 5) is 0. The molecule has 0 saturated carbocycles. The van der Waals surface area contributed by atoms with Crippen molar-refractivity contribution >= 4 is 0 Å². The molecule has 0 aromatic heterocycles. The summed E-state index contributed by atoms with van der Waals surface area (Å²) in [6.07, 6.45) is -5.43. The van der Waals surface area contributed by atoms with E-state index in [4.69, 9.17) is 0 Å². The van der Waals surface area contributed by atoms with Crippen molar-refractivity contribution in [1.29, 1.82) is 0 Å². The van der Waals surface area contributed by atoms with Gasteiger partial charge in [0.25, 0.3) is 0 Å². The summed E-state index contributed by atoms with van der Waals surface area (Å²) in [6.45, 7) is 0. The maximum atomic E-state index is 12.5. The van der Waals surface area contributed by atoms with E-state index in [1.807, 2.05) is 0 Å². The molecule has 0 fully saturated rings. The van der Waals surface area contributed by atoms with Crippen LogP contribution in [0.2, 0.25) is 0 Å². The van der Waals surface area contributed by atoms with Gasteiger partial charge in [0, 0.05) is 0 Å². The van der Waals surface area contributed by atoms with Gasteiger partial charge in [-0.25, -0.2) is 0 Å². The fourth-order valence-electron chi connectivity index (χ4n) is 0.668. The highest BCUT2D eigenvalue weighted by atomic mass is 127. The van der Waals surface area contributed by atoms with Crippen LogP contribution in [0.4, 0.5) is 22.0 Å². The minimum absolute atomic E-state index is 0.0774. The van der Waals surface area contributed by atoms with Gasteiger partial charge in [0.05, 0.1) is 0 Å². The van der Waals surface area contributed by atoms with Gasteiger partial charge in [-0.1, -0.05) is 18.2 Å². The van der Waals surface area contributed by atoms with Crippen molar-refractivity contribution in [2.24, 2.45) is 0 Å². The Morgan fingerprint density at radius 3 is 1.79 bits per heavy atom. The zero-order valence-corrected chi connectivity index (χ0v) is 8.81. The second-order valence-corrected chi connectivity index (χ2v) is 5.53. The third kappa shape index (κ3) is 2.79. The maximum absolute atomic E-state index is 12.5. The van der Waals surface area contributed by atoms with Crippen LogP contribution < -0.4 is 21.2 Å². The Kier molecular flexibility index (Phi) is 3.33. The largest absolute Gasteiger partial charge is 0.543 e. The lowest BCUT2D eigenvalue weighted by molar-refractivity contribution is -0.791. The summed E-state index contributed by atoms with van der Waals surface area (Å²) in [5, 5.41) is 0. The summed E-state index contributed by atoms with van der Waals surface area (Å²) in [6, 6.07) is 7.03. The molecule has 14 heavy (non-hydrogen) atoms. The summed E-state index contributed by atoms with van der Waals surface area (Å²) in [5.41, 5.74) is 0. The van der Waals surface area contributed by atoms with Crippen molar-refractivity contribution in [3.8, 4) is 0 Å². The maximum Gasteiger partial charge on any atom is 0.543 e. The van der Waals surface area contributed by atoms with Crippen molar-refractivity contribution in [3.05, 3.63) is 33.9 Å². The van der Waals surface area contributed by atoms with Crippen molar-refractivity contribution < 1.29 is 43.2 Å². The summed E-state index contributed by atoms with van der Waals surface area (Å²) < 4.78 is 56.0. The minimum atomic E-state index is -5.43. The Hall–Kier alpha value is -0.400. The first-order chi connectivity index (χ1) is 6.33. The van der Waals surface area contributed by atoms with Crippen LogP contribution in [0.15, 0.2) is 30.3 Å². The smallest absolute Gasteiger partial charge is 0.161 e. The number of rotatable bonds is 2. The Labute approximate surface area is 87.4 Å². The van der Waals surface area contributed by atoms with Crippen LogP contribution in [0.1, 0.15) is 0 Å². The van der Waals surface area contributed by atoms with Gasteiger partial charge >= 0.3 is 31.3 Å². The molecule has 0 aliphatic carbocycles. The highest BCUT2D eigenvalue weighted by Crippen LogP contribution is 2.27. The molecule has 0 heterocycles. The number of hydrogen-bond donors (Lipinski definition) is 0. The van der Waals surface area contributed by atoms with Crippen LogP contribution in [0.5, 0.6) is 0 Å². The van der Waals surface area contributed by atoms with Gasteiger partial charge in [0.15, 0.2) is 3.57 Å². The van der Waals surface area contributed by atoms with Gasteiger partial charge in [0.1, 0.15) is 0 Å². The molecule has 78 valence electrons. The average molecular weight is 323 g/mol. The zero-order chi connectivity index (χ0) is 10.8. The van der Waals surface area contributed by atoms with E-state index in [0.29, 0.717) is 0 Å². The Morgan fingerprint density at radius 2 is 1.36 bits per heavy atom. The van der Waals surface area contributed by atoms with Crippen molar-refractivity contribution in [3.63, 3.8) is 0 Å². The van der Waals surface area contributed by atoms with Gasteiger partial charge in [-0.2, -0.15) is 13.2 Å². The number of alkyl halides is 6.